The molecule has 7 heteroatoms. The first kappa shape index (κ1) is 17.9. The van der Waals surface area contributed by atoms with Crippen molar-refractivity contribution in [3.05, 3.63) is 24.2 Å². The summed E-state index contributed by atoms with van der Waals surface area (Å²) < 4.78 is 35.7. The van der Waals surface area contributed by atoms with Crippen LogP contribution < -0.4 is 9.44 Å². The second-order valence-electron chi connectivity index (χ2n) is 7.20. The van der Waals surface area contributed by atoms with Crippen LogP contribution in [-0.2, 0) is 10.2 Å². The van der Waals surface area contributed by atoms with Crippen molar-refractivity contribution < 1.29 is 12.8 Å². The smallest absolute Gasteiger partial charge is 0.277 e. The molecule has 1 aliphatic heterocycles. The van der Waals surface area contributed by atoms with Gasteiger partial charge >= 0.3 is 0 Å². The highest BCUT2D eigenvalue weighted by molar-refractivity contribution is 7.87. The zero-order valence-electron chi connectivity index (χ0n) is 14.4. The molecule has 2 heterocycles. The molecule has 0 spiro atoms. The van der Waals surface area contributed by atoms with Gasteiger partial charge in [-0.1, -0.05) is 19.8 Å². The van der Waals surface area contributed by atoms with Crippen LogP contribution in [0.1, 0.15) is 57.3 Å². The van der Waals surface area contributed by atoms with E-state index < -0.39 is 10.2 Å². The van der Waals surface area contributed by atoms with Crippen molar-refractivity contribution >= 4 is 10.2 Å². The van der Waals surface area contributed by atoms with Gasteiger partial charge in [0, 0.05) is 12.6 Å². The Morgan fingerprint density at radius 2 is 1.96 bits per heavy atom. The number of rotatable bonds is 7. The van der Waals surface area contributed by atoms with E-state index in [1.165, 1.54) is 0 Å². The molecule has 1 aliphatic carbocycles. The first-order valence-corrected chi connectivity index (χ1v) is 10.6. The number of likely N-dealkylation sites (tertiary alicyclic amines) is 1. The van der Waals surface area contributed by atoms with Crippen LogP contribution in [0.15, 0.2) is 22.8 Å². The molecule has 1 aromatic heterocycles. The fraction of sp³-hybridized carbons (Fsp3) is 0.765. The van der Waals surface area contributed by atoms with E-state index >= 15 is 0 Å². The molecular weight excluding hydrogens is 326 g/mol. The average Bonchev–Trinajstić information content (AvgIpc) is 3.22. The van der Waals surface area contributed by atoms with E-state index in [0.717, 1.165) is 63.3 Å². The lowest BCUT2D eigenvalue weighted by Crippen LogP contribution is -2.46. The van der Waals surface area contributed by atoms with Gasteiger partial charge in [-0.25, -0.2) is 4.72 Å². The van der Waals surface area contributed by atoms with Crippen molar-refractivity contribution in [3.63, 3.8) is 0 Å². The number of hydrogen-bond donors (Lipinski definition) is 2. The van der Waals surface area contributed by atoms with E-state index in [-0.39, 0.29) is 12.1 Å². The largest absolute Gasteiger partial charge is 0.468 e. The Labute approximate surface area is 145 Å². The van der Waals surface area contributed by atoms with Gasteiger partial charge in [-0.05, 0) is 56.8 Å². The highest BCUT2D eigenvalue weighted by Gasteiger charge is 2.28. The maximum atomic E-state index is 12.3. The number of nitrogens with zero attached hydrogens (tertiary/aromatic N) is 1. The SMILES string of the molecule is CC1CCN(C(CNS(=O)(=O)NC2CCCC2)c2ccco2)CC1. The molecule has 0 aromatic carbocycles. The number of piperidine rings is 1. The first-order chi connectivity index (χ1) is 11.5. The molecular formula is C17H29N3O3S. The molecule has 1 unspecified atom stereocenters. The average molecular weight is 356 g/mol. The van der Waals surface area contributed by atoms with Crippen LogP contribution in [-0.4, -0.2) is 39.0 Å². The maximum absolute atomic E-state index is 12.3. The summed E-state index contributed by atoms with van der Waals surface area (Å²) in [6.07, 6.45) is 8.02. The van der Waals surface area contributed by atoms with Crippen LogP contribution in [0.2, 0.25) is 0 Å². The Hall–Kier alpha value is -0.890. The number of furan rings is 1. The maximum Gasteiger partial charge on any atom is 0.277 e. The molecule has 24 heavy (non-hydrogen) atoms. The highest BCUT2D eigenvalue weighted by Crippen LogP contribution is 2.27. The van der Waals surface area contributed by atoms with E-state index in [2.05, 4.69) is 21.3 Å². The third-order valence-corrected chi connectivity index (χ3v) is 6.46. The topological polar surface area (TPSA) is 74.6 Å². The van der Waals surface area contributed by atoms with Gasteiger partial charge in [-0.2, -0.15) is 13.1 Å². The zero-order chi connectivity index (χ0) is 17.0. The molecule has 2 fully saturated rings. The lowest BCUT2D eigenvalue weighted by Gasteiger charge is -2.35. The van der Waals surface area contributed by atoms with Crippen LogP contribution in [0.5, 0.6) is 0 Å². The summed E-state index contributed by atoms with van der Waals surface area (Å²) in [6, 6.07) is 3.83. The zero-order valence-corrected chi connectivity index (χ0v) is 15.2. The highest BCUT2D eigenvalue weighted by atomic mass is 32.2. The monoisotopic (exact) mass is 355 g/mol. The Bertz CT molecular complexity index is 589. The van der Waals surface area contributed by atoms with Gasteiger partial charge in [0.25, 0.3) is 10.2 Å². The number of nitrogens with one attached hydrogen (secondary N) is 2. The van der Waals surface area contributed by atoms with Gasteiger partial charge in [-0.15, -0.1) is 0 Å². The van der Waals surface area contributed by atoms with Crippen molar-refractivity contribution in [1.29, 1.82) is 0 Å². The predicted octanol–water partition coefficient (Wildman–Crippen LogP) is 2.42. The standard InChI is InChI=1S/C17H29N3O3S/c1-14-8-10-20(11-9-14)16(17-7-4-12-23-17)13-18-24(21,22)19-15-5-2-3-6-15/h4,7,12,14-16,18-19H,2-3,5-6,8-11,13H2,1H3. The third kappa shape index (κ3) is 4.81. The molecule has 1 aromatic rings. The van der Waals surface area contributed by atoms with Gasteiger partial charge in [0.2, 0.25) is 0 Å². The van der Waals surface area contributed by atoms with Gasteiger partial charge in [-0.3, -0.25) is 4.90 Å². The second kappa shape index (κ2) is 7.99. The predicted molar refractivity (Wildman–Crippen MR) is 93.7 cm³/mol. The van der Waals surface area contributed by atoms with E-state index in [0.29, 0.717) is 6.54 Å². The minimum atomic E-state index is -3.47. The van der Waals surface area contributed by atoms with Gasteiger partial charge in [0.05, 0.1) is 12.3 Å². The normalized spacial score (nSPS) is 22.9. The third-order valence-electron chi connectivity index (χ3n) is 5.27. The van der Waals surface area contributed by atoms with E-state index in [1.54, 1.807) is 6.26 Å². The van der Waals surface area contributed by atoms with Crippen molar-refractivity contribution in [2.45, 2.75) is 57.5 Å². The molecule has 1 saturated heterocycles. The molecule has 1 saturated carbocycles. The summed E-state index contributed by atoms with van der Waals surface area (Å²) in [6.45, 7) is 4.56. The van der Waals surface area contributed by atoms with Crippen molar-refractivity contribution in [2.24, 2.45) is 5.92 Å². The summed E-state index contributed by atoms with van der Waals surface area (Å²) >= 11 is 0. The Morgan fingerprint density at radius 3 is 2.58 bits per heavy atom. The summed E-state index contributed by atoms with van der Waals surface area (Å²) in [5.41, 5.74) is 0. The van der Waals surface area contributed by atoms with Crippen molar-refractivity contribution in [1.82, 2.24) is 14.3 Å². The van der Waals surface area contributed by atoms with Gasteiger partial charge in [0.15, 0.2) is 0 Å². The molecule has 1 atom stereocenters. The fourth-order valence-corrected chi connectivity index (χ4v) is 4.86. The van der Waals surface area contributed by atoms with Crippen LogP contribution >= 0.6 is 0 Å². The molecule has 3 rings (SSSR count). The molecule has 2 aliphatic rings. The van der Waals surface area contributed by atoms with Crippen LogP contribution in [0.25, 0.3) is 0 Å². The quantitative estimate of drug-likeness (QED) is 0.788. The summed E-state index contributed by atoms with van der Waals surface area (Å²) in [4.78, 5) is 2.33. The minimum absolute atomic E-state index is 0.0485. The van der Waals surface area contributed by atoms with Crippen LogP contribution in [0, 0.1) is 5.92 Å². The molecule has 6 nitrogen and oxygen atoms in total. The van der Waals surface area contributed by atoms with E-state index in [9.17, 15) is 8.42 Å². The second-order valence-corrected chi connectivity index (χ2v) is 8.73. The van der Waals surface area contributed by atoms with Crippen LogP contribution in [0.4, 0.5) is 0 Å². The lowest BCUT2D eigenvalue weighted by molar-refractivity contribution is 0.124. The van der Waals surface area contributed by atoms with E-state index in [1.807, 2.05) is 12.1 Å². The molecule has 2 N–H and O–H groups in total. The Morgan fingerprint density at radius 1 is 1.25 bits per heavy atom. The Balaban J connectivity index is 1.61. The van der Waals surface area contributed by atoms with Crippen molar-refractivity contribution in [2.75, 3.05) is 19.6 Å². The van der Waals surface area contributed by atoms with Gasteiger partial charge < -0.3 is 4.42 Å². The summed E-state index contributed by atoms with van der Waals surface area (Å²) in [5, 5.41) is 0. The Kier molecular flexibility index (Phi) is 5.97. The lowest BCUT2D eigenvalue weighted by atomic mass is 9.97. The molecule has 0 radical (unpaired) electrons. The summed E-state index contributed by atoms with van der Waals surface area (Å²) in [7, 11) is -3.47. The van der Waals surface area contributed by atoms with Crippen molar-refractivity contribution in [3.8, 4) is 0 Å². The minimum Gasteiger partial charge on any atom is -0.468 e. The summed E-state index contributed by atoms with van der Waals surface area (Å²) in [5.74, 6) is 1.56. The van der Waals surface area contributed by atoms with E-state index in [4.69, 9.17) is 4.42 Å². The fourth-order valence-electron chi connectivity index (χ4n) is 3.72. The molecule has 0 bridgehead atoms. The first-order valence-electron chi connectivity index (χ1n) is 9.08. The molecule has 136 valence electrons. The number of hydrogen-bond acceptors (Lipinski definition) is 4. The molecule has 0 amide bonds. The van der Waals surface area contributed by atoms with Crippen LogP contribution in [0.3, 0.4) is 0 Å². The van der Waals surface area contributed by atoms with Gasteiger partial charge in [0.1, 0.15) is 5.76 Å².